The van der Waals surface area contributed by atoms with Crippen LogP contribution in [-0.4, -0.2) is 9.55 Å². The van der Waals surface area contributed by atoms with Gasteiger partial charge in [-0.15, -0.1) is 0 Å². The van der Waals surface area contributed by atoms with E-state index in [0.29, 0.717) is 17.1 Å². The third kappa shape index (κ3) is 2.20. The zero-order chi connectivity index (χ0) is 13.5. The summed E-state index contributed by atoms with van der Waals surface area (Å²) < 4.78 is 28.1. The smallest absolute Gasteiger partial charge is 0.132 e. The first-order valence-corrected chi connectivity index (χ1v) is 5.59. The van der Waals surface area contributed by atoms with Crippen LogP contribution in [0, 0.1) is 11.6 Å². The maximum absolute atomic E-state index is 13.2. The minimum atomic E-state index is -0.644. The predicted molar refractivity (Wildman–Crippen MR) is 67.0 cm³/mol. The van der Waals surface area contributed by atoms with Gasteiger partial charge in [-0.2, -0.15) is 0 Å². The third-order valence-corrected chi connectivity index (χ3v) is 2.66. The van der Waals surface area contributed by atoms with Crippen molar-refractivity contribution in [3.63, 3.8) is 0 Å². The number of hydrogen-bond acceptors (Lipinski definition) is 2. The summed E-state index contributed by atoms with van der Waals surface area (Å²) in [6, 6.07) is 3.25. The average molecular weight is 251 g/mol. The molecule has 3 nitrogen and oxygen atoms in total. The summed E-state index contributed by atoms with van der Waals surface area (Å²) in [5.74, 6) is -0.892. The molecule has 2 aromatic rings. The van der Waals surface area contributed by atoms with Gasteiger partial charge in [0.25, 0.3) is 0 Å². The molecule has 0 saturated carbocycles. The summed E-state index contributed by atoms with van der Waals surface area (Å²) in [6.07, 6.45) is 1.58. The Hall–Kier alpha value is -1.91. The van der Waals surface area contributed by atoms with Crippen LogP contribution in [0.3, 0.4) is 0 Å². The number of nitrogens with two attached hydrogens (primary N) is 1. The summed E-state index contributed by atoms with van der Waals surface area (Å²) in [4.78, 5) is 4.14. The van der Waals surface area contributed by atoms with Crippen molar-refractivity contribution in [2.24, 2.45) is 0 Å². The first-order valence-electron chi connectivity index (χ1n) is 5.59. The molecular weight excluding hydrogens is 236 g/mol. The van der Waals surface area contributed by atoms with Crippen molar-refractivity contribution in [3.8, 4) is 11.3 Å². The van der Waals surface area contributed by atoms with Gasteiger partial charge in [-0.1, -0.05) is 0 Å². The van der Waals surface area contributed by atoms with Crippen molar-refractivity contribution < 1.29 is 8.78 Å². The van der Waals surface area contributed by atoms with Crippen molar-refractivity contribution in [3.05, 3.63) is 36.2 Å². The lowest BCUT2D eigenvalue weighted by Gasteiger charge is -2.22. The van der Waals surface area contributed by atoms with E-state index >= 15 is 0 Å². The van der Waals surface area contributed by atoms with E-state index in [0.717, 1.165) is 6.07 Å². The summed E-state index contributed by atoms with van der Waals surface area (Å²) in [5.41, 5.74) is 6.47. The van der Waals surface area contributed by atoms with Crippen LogP contribution in [0.1, 0.15) is 20.8 Å². The molecule has 0 aliphatic heterocycles. The van der Waals surface area contributed by atoms with Gasteiger partial charge in [0.05, 0.1) is 6.33 Å². The van der Waals surface area contributed by atoms with E-state index in [4.69, 9.17) is 5.73 Å². The molecular formula is C13H15F2N3. The van der Waals surface area contributed by atoms with E-state index in [-0.39, 0.29) is 5.54 Å². The Bertz CT molecular complexity index is 562. The van der Waals surface area contributed by atoms with Crippen LogP contribution in [0.25, 0.3) is 11.3 Å². The zero-order valence-electron chi connectivity index (χ0n) is 10.5. The Morgan fingerprint density at radius 3 is 2.11 bits per heavy atom. The number of imidazole rings is 1. The van der Waals surface area contributed by atoms with E-state index in [2.05, 4.69) is 4.98 Å². The number of rotatable bonds is 1. The lowest BCUT2D eigenvalue weighted by Crippen LogP contribution is -2.22. The van der Waals surface area contributed by atoms with Crippen LogP contribution in [-0.2, 0) is 5.54 Å². The van der Waals surface area contributed by atoms with Gasteiger partial charge in [0, 0.05) is 17.2 Å². The van der Waals surface area contributed by atoms with Crippen LogP contribution < -0.4 is 5.73 Å². The molecule has 0 radical (unpaired) electrons. The molecule has 5 heteroatoms. The number of nitrogens with zero attached hydrogens (tertiary/aromatic N) is 2. The number of halogens is 2. The fourth-order valence-electron chi connectivity index (χ4n) is 1.81. The van der Waals surface area contributed by atoms with E-state index < -0.39 is 11.6 Å². The second-order valence-corrected chi connectivity index (χ2v) is 5.18. The second-order valence-electron chi connectivity index (χ2n) is 5.18. The van der Waals surface area contributed by atoms with Crippen LogP contribution in [0.15, 0.2) is 24.5 Å². The maximum Gasteiger partial charge on any atom is 0.132 e. The first kappa shape index (κ1) is 12.5. The van der Waals surface area contributed by atoms with E-state index in [9.17, 15) is 8.78 Å². The molecule has 2 N–H and O–H groups in total. The van der Waals surface area contributed by atoms with Gasteiger partial charge in [0.15, 0.2) is 0 Å². The standard InChI is InChI=1S/C13H15F2N3/c1-13(2,3)18-7-17-11(12(18)16)8-4-9(14)6-10(15)5-8/h4-7H,16H2,1-3H3. The highest BCUT2D eigenvalue weighted by Crippen LogP contribution is 2.29. The molecule has 0 aliphatic carbocycles. The van der Waals surface area contributed by atoms with Crippen LogP contribution in [0.5, 0.6) is 0 Å². The van der Waals surface area contributed by atoms with Crippen LogP contribution >= 0.6 is 0 Å². The molecule has 1 aromatic carbocycles. The summed E-state index contributed by atoms with van der Waals surface area (Å²) in [5, 5.41) is 0. The molecule has 0 atom stereocenters. The van der Waals surface area contributed by atoms with Gasteiger partial charge in [0.2, 0.25) is 0 Å². The number of aromatic nitrogens is 2. The summed E-state index contributed by atoms with van der Waals surface area (Å²) >= 11 is 0. The normalized spacial score (nSPS) is 11.8. The minimum Gasteiger partial charge on any atom is -0.383 e. The van der Waals surface area contributed by atoms with Gasteiger partial charge >= 0.3 is 0 Å². The second kappa shape index (κ2) is 4.08. The van der Waals surface area contributed by atoms with E-state index in [1.54, 1.807) is 10.9 Å². The quantitative estimate of drug-likeness (QED) is 0.846. The van der Waals surface area contributed by atoms with Crippen LogP contribution in [0.2, 0.25) is 0 Å². The average Bonchev–Trinajstić information content (AvgIpc) is 2.57. The molecule has 0 bridgehead atoms. The molecule has 0 saturated heterocycles. The summed E-state index contributed by atoms with van der Waals surface area (Å²) in [7, 11) is 0. The highest BCUT2D eigenvalue weighted by Gasteiger charge is 2.19. The van der Waals surface area contributed by atoms with Gasteiger partial charge in [-0.3, -0.25) is 0 Å². The largest absolute Gasteiger partial charge is 0.383 e. The first-order chi connectivity index (χ1) is 8.29. The SMILES string of the molecule is CC(C)(C)n1cnc(-c2cc(F)cc(F)c2)c1N. The Kier molecular flexibility index (Phi) is 2.84. The molecule has 0 unspecified atom stereocenters. The molecule has 96 valence electrons. The number of benzene rings is 1. The lowest BCUT2D eigenvalue weighted by atomic mass is 10.1. The fourth-order valence-corrected chi connectivity index (χ4v) is 1.81. The van der Waals surface area contributed by atoms with Crippen LogP contribution in [0.4, 0.5) is 14.6 Å². The molecule has 1 aromatic heterocycles. The monoisotopic (exact) mass is 251 g/mol. The molecule has 0 fully saturated rings. The Morgan fingerprint density at radius 2 is 1.67 bits per heavy atom. The van der Waals surface area contributed by atoms with Crippen molar-refractivity contribution in [1.29, 1.82) is 0 Å². The minimum absolute atomic E-state index is 0.235. The topological polar surface area (TPSA) is 43.8 Å². The van der Waals surface area contributed by atoms with Crippen molar-refractivity contribution >= 4 is 5.82 Å². The zero-order valence-corrected chi connectivity index (χ0v) is 10.5. The number of nitrogen functional groups attached to an aromatic ring is 1. The van der Waals surface area contributed by atoms with Gasteiger partial charge in [0.1, 0.15) is 23.1 Å². The molecule has 0 amide bonds. The Morgan fingerprint density at radius 1 is 1.11 bits per heavy atom. The highest BCUT2D eigenvalue weighted by atomic mass is 19.1. The van der Waals surface area contributed by atoms with Gasteiger partial charge < -0.3 is 10.3 Å². The van der Waals surface area contributed by atoms with E-state index in [1.807, 2.05) is 20.8 Å². The fraction of sp³-hybridized carbons (Fsp3) is 0.308. The number of anilines is 1. The van der Waals surface area contributed by atoms with Crippen molar-refractivity contribution in [2.45, 2.75) is 26.3 Å². The molecule has 0 spiro atoms. The van der Waals surface area contributed by atoms with Gasteiger partial charge in [-0.25, -0.2) is 13.8 Å². The number of hydrogen-bond donors (Lipinski definition) is 1. The highest BCUT2D eigenvalue weighted by molar-refractivity contribution is 5.70. The van der Waals surface area contributed by atoms with Crippen molar-refractivity contribution in [2.75, 3.05) is 5.73 Å². The molecule has 18 heavy (non-hydrogen) atoms. The molecule has 1 heterocycles. The molecule has 2 rings (SSSR count). The Balaban J connectivity index is 2.56. The van der Waals surface area contributed by atoms with Crippen molar-refractivity contribution in [1.82, 2.24) is 9.55 Å². The van der Waals surface area contributed by atoms with Gasteiger partial charge in [-0.05, 0) is 32.9 Å². The lowest BCUT2D eigenvalue weighted by molar-refractivity contribution is 0.402. The Labute approximate surface area is 104 Å². The summed E-state index contributed by atoms with van der Waals surface area (Å²) in [6.45, 7) is 5.92. The molecule has 0 aliphatic rings. The maximum atomic E-state index is 13.2. The van der Waals surface area contributed by atoms with E-state index in [1.165, 1.54) is 12.1 Å². The predicted octanol–water partition coefficient (Wildman–Crippen LogP) is 3.17. The third-order valence-electron chi connectivity index (χ3n) is 2.66.